The standard InChI is InChI=1S/C15H12N2O8S/c18-14(19)9-16(11-6-4-10(5-7-11)15(20)21)26(24,25)13-3-1-2-12(8-13)17(22)23/h1-8H,9H2,(H,18,19)(H,20,21). The van der Waals surface area contributed by atoms with Crippen LogP contribution in [0.25, 0.3) is 0 Å². The van der Waals surface area contributed by atoms with Crippen LogP contribution in [0.15, 0.2) is 53.4 Å². The second-order valence-electron chi connectivity index (χ2n) is 5.01. The Labute approximate surface area is 147 Å². The van der Waals surface area contributed by atoms with Gasteiger partial charge in [0.15, 0.2) is 0 Å². The summed E-state index contributed by atoms with van der Waals surface area (Å²) in [6.45, 7) is -0.947. The molecule has 2 aromatic carbocycles. The van der Waals surface area contributed by atoms with Crippen LogP contribution >= 0.6 is 0 Å². The number of hydrogen-bond acceptors (Lipinski definition) is 6. The average Bonchev–Trinajstić information content (AvgIpc) is 2.59. The van der Waals surface area contributed by atoms with Crippen LogP contribution in [0.4, 0.5) is 11.4 Å². The fourth-order valence-corrected chi connectivity index (χ4v) is 3.55. The molecule has 0 aliphatic rings. The summed E-state index contributed by atoms with van der Waals surface area (Å²) >= 11 is 0. The molecule has 0 saturated heterocycles. The molecule has 0 aromatic heterocycles. The van der Waals surface area contributed by atoms with E-state index in [2.05, 4.69) is 0 Å². The predicted molar refractivity (Wildman–Crippen MR) is 88.7 cm³/mol. The Kier molecular flexibility index (Phi) is 5.22. The first-order valence-corrected chi connectivity index (χ1v) is 8.39. The molecular formula is C15H12N2O8S. The maximum absolute atomic E-state index is 12.8. The summed E-state index contributed by atoms with van der Waals surface area (Å²) in [5.41, 5.74) is -0.678. The molecule has 0 heterocycles. The van der Waals surface area contributed by atoms with Gasteiger partial charge in [-0.3, -0.25) is 19.2 Å². The third-order valence-corrected chi connectivity index (χ3v) is 5.07. The highest BCUT2D eigenvalue weighted by atomic mass is 32.2. The first-order chi connectivity index (χ1) is 12.1. The molecule has 11 heteroatoms. The number of rotatable bonds is 7. The van der Waals surface area contributed by atoms with Crippen molar-refractivity contribution in [1.82, 2.24) is 0 Å². The molecule has 10 nitrogen and oxygen atoms in total. The van der Waals surface area contributed by atoms with E-state index in [4.69, 9.17) is 10.2 Å². The normalized spacial score (nSPS) is 10.9. The van der Waals surface area contributed by atoms with Gasteiger partial charge in [-0.2, -0.15) is 0 Å². The number of carboxylic acid groups (broad SMARTS) is 2. The van der Waals surface area contributed by atoms with Gasteiger partial charge in [0.1, 0.15) is 6.54 Å². The van der Waals surface area contributed by atoms with Crippen molar-refractivity contribution in [2.24, 2.45) is 0 Å². The molecule has 26 heavy (non-hydrogen) atoms. The van der Waals surface area contributed by atoms with E-state index in [1.54, 1.807) is 0 Å². The second-order valence-corrected chi connectivity index (χ2v) is 6.87. The van der Waals surface area contributed by atoms with Crippen molar-refractivity contribution in [3.05, 3.63) is 64.2 Å². The van der Waals surface area contributed by atoms with E-state index in [1.807, 2.05) is 0 Å². The van der Waals surface area contributed by atoms with Crippen molar-refractivity contribution in [2.75, 3.05) is 10.8 Å². The molecule has 0 amide bonds. The number of benzene rings is 2. The minimum atomic E-state index is -4.44. The van der Waals surface area contributed by atoms with Crippen molar-refractivity contribution >= 4 is 33.3 Å². The van der Waals surface area contributed by atoms with Gasteiger partial charge < -0.3 is 10.2 Å². The van der Waals surface area contributed by atoms with Crippen LogP contribution in [0.2, 0.25) is 0 Å². The summed E-state index contributed by atoms with van der Waals surface area (Å²) < 4.78 is 26.1. The number of carboxylic acids is 2. The first-order valence-electron chi connectivity index (χ1n) is 6.95. The molecule has 0 aliphatic heterocycles. The van der Waals surface area contributed by atoms with Gasteiger partial charge in [-0.25, -0.2) is 13.2 Å². The van der Waals surface area contributed by atoms with Crippen molar-refractivity contribution < 1.29 is 33.1 Å². The fraction of sp³-hybridized carbons (Fsp3) is 0.0667. The average molecular weight is 380 g/mol. The van der Waals surface area contributed by atoms with E-state index in [0.29, 0.717) is 4.31 Å². The predicted octanol–water partition coefficient (Wildman–Crippen LogP) is 1.57. The number of hydrogen-bond donors (Lipinski definition) is 2. The van der Waals surface area contributed by atoms with Gasteiger partial charge in [0.25, 0.3) is 15.7 Å². The first kappa shape index (κ1) is 18.9. The van der Waals surface area contributed by atoms with Crippen LogP contribution in [-0.2, 0) is 14.8 Å². The van der Waals surface area contributed by atoms with Gasteiger partial charge in [-0.15, -0.1) is 0 Å². The third kappa shape index (κ3) is 3.95. The van der Waals surface area contributed by atoms with E-state index in [0.717, 1.165) is 48.5 Å². The number of aromatic carboxylic acids is 1. The van der Waals surface area contributed by atoms with Gasteiger partial charge >= 0.3 is 11.9 Å². The highest BCUT2D eigenvalue weighted by Crippen LogP contribution is 2.26. The fourth-order valence-electron chi connectivity index (χ4n) is 2.09. The number of carbonyl (C=O) groups is 2. The maximum Gasteiger partial charge on any atom is 0.335 e. The summed E-state index contributed by atoms with van der Waals surface area (Å²) in [5.74, 6) is -2.69. The summed E-state index contributed by atoms with van der Waals surface area (Å²) in [6.07, 6.45) is 0. The van der Waals surface area contributed by atoms with Crippen LogP contribution in [0.3, 0.4) is 0 Å². The Morgan fingerprint density at radius 2 is 1.69 bits per heavy atom. The number of anilines is 1. The van der Waals surface area contributed by atoms with Crippen LogP contribution in [-0.4, -0.2) is 42.0 Å². The lowest BCUT2D eigenvalue weighted by Gasteiger charge is -2.22. The van der Waals surface area contributed by atoms with Crippen LogP contribution in [0.1, 0.15) is 10.4 Å². The Balaban J connectivity index is 2.54. The van der Waals surface area contributed by atoms with E-state index >= 15 is 0 Å². The summed E-state index contributed by atoms with van der Waals surface area (Å²) in [6, 6.07) is 8.70. The van der Waals surface area contributed by atoms with Crippen LogP contribution < -0.4 is 4.31 Å². The SMILES string of the molecule is O=C(O)CN(c1ccc(C(=O)O)cc1)S(=O)(=O)c1cccc([N+](=O)[O-])c1. The van der Waals surface area contributed by atoms with Gasteiger partial charge in [0.2, 0.25) is 0 Å². The Hall–Kier alpha value is -3.47. The van der Waals surface area contributed by atoms with Crippen molar-refractivity contribution in [3.63, 3.8) is 0 Å². The molecule has 0 radical (unpaired) electrons. The van der Waals surface area contributed by atoms with Gasteiger partial charge in [0.05, 0.1) is 21.1 Å². The number of aliphatic carboxylic acids is 1. The zero-order valence-electron chi connectivity index (χ0n) is 13.0. The second kappa shape index (κ2) is 7.19. The monoisotopic (exact) mass is 380 g/mol. The number of sulfonamides is 1. The molecule has 0 fully saturated rings. The van der Waals surface area contributed by atoms with Crippen LogP contribution in [0, 0.1) is 10.1 Å². The van der Waals surface area contributed by atoms with Crippen molar-refractivity contribution in [2.45, 2.75) is 4.90 Å². The number of non-ortho nitro benzene ring substituents is 1. The maximum atomic E-state index is 12.8. The smallest absolute Gasteiger partial charge is 0.335 e. The summed E-state index contributed by atoms with van der Waals surface area (Å²) in [7, 11) is -4.44. The highest BCUT2D eigenvalue weighted by molar-refractivity contribution is 7.92. The molecule has 0 aliphatic carbocycles. The van der Waals surface area contributed by atoms with E-state index in [1.165, 1.54) is 0 Å². The zero-order valence-corrected chi connectivity index (χ0v) is 13.8. The van der Waals surface area contributed by atoms with Gasteiger partial charge in [-0.05, 0) is 30.3 Å². The molecule has 0 spiro atoms. The van der Waals surface area contributed by atoms with E-state index in [-0.39, 0.29) is 11.3 Å². The minimum absolute atomic E-state index is 0.0936. The third-order valence-electron chi connectivity index (χ3n) is 3.30. The van der Waals surface area contributed by atoms with Gasteiger partial charge in [-0.1, -0.05) is 6.07 Å². The molecule has 2 rings (SSSR count). The molecule has 0 bridgehead atoms. The summed E-state index contributed by atoms with van der Waals surface area (Å²) in [4.78, 5) is 31.6. The molecule has 136 valence electrons. The lowest BCUT2D eigenvalue weighted by Crippen LogP contribution is -2.35. The Morgan fingerprint density at radius 3 is 2.19 bits per heavy atom. The molecule has 2 aromatic rings. The molecule has 2 N–H and O–H groups in total. The zero-order chi connectivity index (χ0) is 19.5. The number of nitrogens with zero attached hydrogens (tertiary/aromatic N) is 2. The van der Waals surface area contributed by atoms with E-state index < -0.39 is 44.0 Å². The number of nitro groups is 1. The lowest BCUT2D eigenvalue weighted by atomic mass is 10.2. The highest BCUT2D eigenvalue weighted by Gasteiger charge is 2.28. The Morgan fingerprint density at radius 1 is 1.08 bits per heavy atom. The minimum Gasteiger partial charge on any atom is -0.480 e. The largest absolute Gasteiger partial charge is 0.480 e. The molecule has 0 unspecified atom stereocenters. The quantitative estimate of drug-likeness (QED) is 0.541. The van der Waals surface area contributed by atoms with Crippen molar-refractivity contribution in [3.8, 4) is 0 Å². The molecule has 0 saturated carbocycles. The van der Waals surface area contributed by atoms with E-state index in [9.17, 15) is 28.1 Å². The van der Waals surface area contributed by atoms with Crippen molar-refractivity contribution in [1.29, 1.82) is 0 Å². The topological polar surface area (TPSA) is 155 Å². The molecular weight excluding hydrogens is 368 g/mol. The van der Waals surface area contributed by atoms with Gasteiger partial charge in [0, 0.05) is 12.1 Å². The summed E-state index contributed by atoms with van der Waals surface area (Å²) in [5, 5.41) is 28.8. The lowest BCUT2D eigenvalue weighted by molar-refractivity contribution is -0.385. The molecule has 0 atom stereocenters. The number of nitro benzene ring substituents is 1. The van der Waals surface area contributed by atoms with Crippen LogP contribution in [0.5, 0.6) is 0 Å². The Bertz CT molecular complexity index is 969.